The second-order valence-electron chi connectivity index (χ2n) is 24.2. The number of hydrogen-bond donors (Lipinski definition) is 16. The normalized spacial score (nSPS) is 26.0. The van der Waals surface area contributed by atoms with Crippen LogP contribution < -0.4 is 64.2 Å². The van der Waals surface area contributed by atoms with Gasteiger partial charge in [0, 0.05) is 65.9 Å². The maximum absolute atomic E-state index is 15.3. The molecule has 0 spiro atoms. The lowest BCUT2D eigenvalue weighted by Gasteiger charge is -2.31. The Hall–Kier alpha value is -8.57. The predicted molar refractivity (Wildman–Crippen MR) is 378 cm³/mol. The molecule has 3 aromatic carbocycles. The maximum Gasteiger partial charge on any atom is 0.327 e. The van der Waals surface area contributed by atoms with Crippen molar-refractivity contribution in [2.24, 2.45) is 5.73 Å². The molecule has 542 valence electrons. The Bertz CT molecular complexity index is 3540. The lowest BCUT2D eigenvalue weighted by molar-refractivity contribution is -0.143. The van der Waals surface area contributed by atoms with Crippen LogP contribution >= 0.6 is 43.2 Å². The predicted octanol–water partition coefficient (Wildman–Crippen LogP) is -0.549. The van der Waals surface area contributed by atoms with E-state index in [1.165, 1.54) is 29.2 Å². The van der Waals surface area contributed by atoms with Crippen LogP contribution in [0.5, 0.6) is 5.75 Å². The minimum Gasteiger partial charge on any atom is -0.508 e. The third-order valence-corrected chi connectivity index (χ3v) is 21.7. The second kappa shape index (κ2) is 39.4. The van der Waals surface area contributed by atoms with Crippen molar-refractivity contribution in [1.82, 2.24) is 68.4 Å². The number of aromatic amines is 1. The Kier molecular flexibility index (Phi) is 31.1. The number of hydrogen-bond acceptors (Lipinski definition) is 20. The Labute approximate surface area is 593 Å². The Morgan fingerprint density at radius 2 is 1.06 bits per heavy atom. The van der Waals surface area contributed by atoms with Gasteiger partial charge in [0.15, 0.2) is 0 Å². The molecule has 0 aliphatic carbocycles. The topological polar surface area (TPSA) is 460 Å². The van der Waals surface area contributed by atoms with Gasteiger partial charge < -0.3 is 89.4 Å². The molecule has 30 nitrogen and oxygen atoms in total. The van der Waals surface area contributed by atoms with Gasteiger partial charge in [0.25, 0.3) is 0 Å². The third kappa shape index (κ3) is 23.0. The number of carboxylic acid groups (broad SMARTS) is 1. The molecule has 1 aromatic heterocycles. The van der Waals surface area contributed by atoms with Gasteiger partial charge >= 0.3 is 5.97 Å². The molecular formula is C66H88N14O16S4. The summed E-state index contributed by atoms with van der Waals surface area (Å²) < 4.78 is 0. The van der Waals surface area contributed by atoms with Crippen molar-refractivity contribution in [1.29, 1.82) is 0 Å². The van der Waals surface area contributed by atoms with Crippen molar-refractivity contribution in [3.05, 3.63) is 102 Å². The number of nitrogens with zero attached hydrogens (tertiary/aromatic N) is 1. The van der Waals surface area contributed by atoms with Crippen LogP contribution in [-0.4, -0.2) is 217 Å². The molecule has 3 aliphatic rings. The molecular weight excluding hydrogens is 1370 g/mol. The van der Waals surface area contributed by atoms with Crippen molar-refractivity contribution in [3.8, 4) is 5.75 Å². The van der Waals surface area contributed by atoms with Crippen LogP contribution in [0.25, 0.3) is 10.9 Å². The first-order valence-electron chi connectivity index (χ1n) is 33.1. The highest BCUT2D eigenvalue weighted by atomic mass is 33.1. The monoisotopic (exact) mass is 1460 g/mol. The molecule has 17 N–H and O–H groups in total. The zero-order chi connectivity index (χ0) is 72.4. The molecule has 0 radical (unpaired) electrons. The quantitative estimate of drug-likeness (QED) is 0.0626. The van der Waals surface area contributed by atoms with Crippen molar-refractivity contribution in [3.63, 3.8) is 0 Å². The first kappa shape index (κ1) is 78.8. The first-order valence-corrected chi connectivity index (χ1v) is 38.0. The number of H-pyrrole nitrogens is 1. The van der Waals surface area contributed by atoms with Gasteiger partial charge in [0.05, 0.1) is 13.2 Å². The van der Waals surface area contributed by atoms with E-state index < -0.39 is 174 Å². The number of aromatic nitrogens is 1. The fourth-order valence-electron chi connectivity index (χ4n) is 11.3. The van der Waals surface area contributed by atoms with Crippen LogP contribution in [0.3, 0.4) is 0 Å². The Morgan fingerprint density at radius 1 is 0.540 bits per heavy atom. The van der Waals surface area contributed by atoms with Gasteiger partial charge in [-0.25, -0.2) is 4.79 Å². The Morgan fingerprint density at radius 3 is 1.68 bits per heavy atom. The number of rotatable bonds is 16. The van der Waals surface area contributed by atoms with E-state index in [0.717, 1.165) is 43.2 Å². The summed E-state index contributed by atoms with van der Waals surface area (Å²) in [5.74, 6) is -13.8. The number of nitrogens with one attached hydrogen (secondary N) is 12. The molecule has 0 unspecified atom stereocenters. The Balaban J connectivity index is 1.35. The van der Waals surface area contributed by atoms with Gasteiger partial charge in [-0.15, -0.1) is 0 Å². The van der Waals surface area contributed by atoms with Crippen LogP contribution in [0.2, 0.25) is 0 Å². The number of amides is 12. The van der Waals surface area contributed by atoms with E-state index in [2.05, 4.69) is 63.5 Å². The molecule has 7 rings (SSSR count). The van der Waals surface area contributed by atoms with E-state index >= 15 is 14.4 Å². The van der Waals surface area contributed by atoms with Crippen LogP contribution in [0.15, 0.2) is 85.1 Å². The molecule has 12 amide bonds. The molecule has 0 saturated carbocycles. The summed E-state index contributed by atoms with van der Waals surface area (Å²) in [6, 6.07) is 3.45. The van der Waals surface area contributed by atoms with E-state index in [1.807, 2.05) is 13.0 Å². The number of benzene rings is 3. The zero-order valence-electron chi connectivity index (χ0n) is 55.5. The van der Waals surface area contributed by atoms with E-state index in [0.29, 0.717) is 53.3 Å². The van der Waals surface area contributed by atoms with E-state index in [-0.39, 0.29) is 68.7 Å². The highest BCUT2D eigenvalue weighted by Gasteiger charge is 2.41. The number of unbranched alkanes of at least 4 members (excludes halogenated alkanes) is 1. The molecule has 3 saturated heterocycles. The van der Waals surface area contributed by atoms with Crippen molar-refractivity contribution in [2.45, 2.75) is 164 Å². The highest BCUT2D eigenvalue weighted by molar-refractivity contribution is 8.77. The van der Waals surface area contributed by atoms with Crippen molar-refractivity contribution in [2.75, 3.05) is 42.7 Å². The average Bonchev–Trinajstić information content (AvgIpc) is 1.64. The largest absolute Gasteiger partial charge is 0.508 e. The number of aliphatic carboxylic acids is 1. The summed E-state index contributed by atoms with van der Waals surface area (Å²) in [7, 11) is 3.52. The number of fused-ring (bicyclic) bond motifs is 10. The van der Waals surface area contributed by atoms with Gasteiger partial charge in [0.1, 0.15) is 78.3 Å². The minimum atomic E-state index is -1.76. The lowest BCUT2D eigenvalue weighted by Crippen LogP contribution is -2.61. The van der Waals surface area contributed by atoms with E-state index in [1.54, 1.807) is 68.6 Å². The number of carbonyl (C=O) groups excluding carboxylic acids is 12. The van der Waals surface area contributed by atoms with E-state index in [9.17, 15) is 63.3 Å². The number of carbonyl (C=O) groups is 13. The number of aromatic hydroxyl groups is 1. The zero-order valence-corrected chi connectivity index (χ0v) is 58.8. The average molecular weight is 1460 g/mol. The fraction of sp³-hybridized carbons (Fsp3) is 0.500. The molecule has 100 heavy (non-hydrogen) atoms. The molecule has 2 bridgehead atoms. The third-order valence-electron chi connectivity index (χ3n) is 16.8. The number of nitrogens with two attached hydrogens (primary N) is 1. The fourth-order valence-corrected chi connectivity index (χ4v) is 15.9. The summed E-state index contributed by atoms with van der Waals surface area (Å²) in [5.41, 5.74) is 7.92. The number of carboxylic acids is 1. The number of phenols is 1. The van der Waals surface area contributed by atoms with Crippen LogP contribution in [-0.2, 0) is 81.6 Å². The maximum atomic E-state index is 15.3. The van der Waals surface area contributed by atoms with Crippen molar-refractivity contribution >= 4 is 131 Å². The standard InChI is InChI=1S/C66H88N14O16S4/c1-4-7-18-44-65(94)80-25-13-20-53(80)64(93)70-41(6-3)55(84)77-50-33-98-97-32-49(69-54(83)29-67)61(90)78-51(63(92)76-48(31-81)60(89)72-44)34-99-100-35-52(66(95)96)79-58(87)46(27-37-21-23-39(82)24-22-37)73-56(85)43(14-5-2)71-59(88)47(28-38-30-68-42-19-12-11-17-40(38)42)75-57(86)45(74-62(50)91)26-36-15-9-8-10-16-36/h8-12,15-17,19,21-24,30,41,43-53,68,81-82H,4-7,13-14,18,20,25-29,31-35,67H2,1-3H3,(H,69,83)(H,70,93)(H,71,88)(H,72,89)(H,73,85)(H,74,91)(H,75,86)(H,76,92)(H,77,84)(H,78,90)(H,79,87)(H,95,96)/t41-,43-,44-,45-,46-,47-,48-,49-,50-,51-,52-,53-/m0/s1. The SMILES string of the molecule is CCCC[C@@H]1NC(=O)[C@H](CO)NC(=O)[C@@H]2CSSC[C@@H](C(=O)O)NC(=O)[C@H](Cc3ccc(O)cc3)NC(=O)[C@H](CCC)NC(=O)[C@H](Cc3c[nH]c4ccccc34)NC(=O)[C@H](Cc3ccccc3)NC(=O)[C@H](CSSC[C@H](NC(=O)CN)C(=O)N2)NC(=O)[C@H](CC)NC(=O)[C@@H]2CCCN2C1=O. The number of aliphatic hydroxyl groups excluding tert-OH is 1. The summed E-state index contributed by atoms with van der Waals surface area (Å²) in [6.07, 6.45) is 2.77. The summed E-state index contributed by atoms with van der Waals surface area (Å²) in [5, 5.41) is 61.2. The van der Waals surface area contributed by atoms with Gasteiger partial charge in [-0.05, 0) is 67.0 Å². The van der Waals surface area contributed by atoms with Gasteiger partial charge in [0.2, 0.25) is 70.9 Å². The highest BCUT2D eigenvalue weighted by Crippen LogP contribution is 2.27. The van der Waals surface area contributed by atoms with E-state index in [4.69, 9.17) is 5.73 Å². The van der Waals surface area contributed by atoms with Crippen LogP contribution in [0.1, 0.15) is 88.8 Å². The molecule has 3 aliphatic heterocycles. The summed E-state index contributed by atoms with van der Waals surface area (Å²) >= 11 is 0. The van der Waals surface area contributed by atoms with Gasteiger partial charge in [-0.2, -0.15) is 0 Å². The van der Waals surface area contributed by atoms with Gasteiger partial charge in [-0.3, -0.25) is 57.5 Å². The lowest BCUT2D eigenvalue weighted by atomic mass is 10.0. The van der Waals surface area contributed by atoms with Crippen LogP contribution in [0, 0.1) is 0 Å². The second-order valence-corrected chi connectivity index (χ2v) is 29.4. The molecule has 4 heterocycles. The van der Waals surface area contributed by atoms with Crippen LogP contribution in [0.4, 0.5) is 0 Å². The minimum absolute atomic E-state index is 0.0162. The molecule has 12 atom stereocenters. The summed E-state index contributed by atoms with van der Waals surface area (Å²) in [4.78, 5) is 192. The molecule has 34 heteroatoms. The smallest absolute Gasteiger partial charge is 0.327 e. The molecule has 4 aromatic rings. The number of phenolic OH excluding ortho intramolecular Hbond substituents is 1. The molecule has 3 fully saturated rings. The first-order chi connectivity index (χ1) is 48.0. The summed E-state index contributed by atoms with van der Waals surface area (Å²) in [6.45, 7) is 3.62. The van der Waals surface area contributed by atoms with Crippen molar-refractivity contribution < 1.29 is 77.6 Å². The van der Waals surface area contributed by atoms with Gasteiger partial charge in [-0.1, -0.05) is 144 Å². The number of aliphatic hydroxyl groups is 1. The number of para-hydroxylation sites is 1.